The molecule has 3 heterocycles. The van der Waals surface area contributed by atoms with E-state index in [-0.39, 0.29) is 5.97 Å². The molecule has 1 aliphatic heterocycles. The first kappa shape index (κ1) is 16.9. The van der Waals surface area contributed by atoms with Gasteiger partial charge in [0.05, 0.1) is 12.6 Å². The summed E-state index contributed by atoms with van der Waals surface area (Å²) in [6, 6.07) is 12.5. The Bertz CT molecular complexity index is 924. The van der Waals surface area contributed by atoms with E-state index in [1.165, 1.54) is 5.69 Å². The largest absolute Gasteiger partial charge is 0.460 e. The molecule has 3 aromatic rings. The van der Waals surface area contributed by atoms with Crippen molar-refractivity contribution in [2.75, 3.05) is 13.2 Å². The standard InChI is InChI=1S/C21H24N2O3/c1-3-25-21(24)20-16(15-8-4-5-11-19(15)26-20)14-23-13-7-10-18(23)17-9-6-12-22(17)2/h4-6,8-9,11-12,18H,3,7,10,13-14H2,1-2H3/t18-/m1/s1. The van der Waals surface area contributed by atoms with Gasteiger partial charge in [0.25, 0.3) is 0 Å². The minimum atomic E-state index is -0.381. The van der Waals surface area contributed by atoms with Crippen molar-refractivity contribution in [2.45, 2.75) is 32.4 Å². The Morgan fingerprint density at radius 2 is 2.12 bits per heavy atom. The molecule has 1 fully saturated rings. The molecule has 5 nitrogen and oxygen atoms in total. The molecule has 136 valence electrons. The average molecular weight is 352 g/mol. The third-order valence-electron chi connectivity index (χ3n) is 5.21. The van der Waals surface area contributed by atoms with Gasteiger partial charge in [-0.1, -0.05) is 18.2 Å². The maximum absolute atomic E-state index is 12.4. The molecular weight excluding hydrogens is 328 g/mol. The number of likely N-dealkylation sites (tertiary alicyclic amines) is 1. The number of furan rings is 1. The lowest BCUT2D eigenvalue weighted by Crippen LogP contribution is -2.25. The number of benzene rings is 1. The molecule has 0 radical (unpaired) electrons. The van der Waals surface area contributed by atoms with Crippen LogP contribution in [0.3, 0.4) is 0 Å². The summed E-state index contributed by atoms with van der Waals surface area (Å²) in [6.45, 7) is 3.84. The lowest BCUT2D eigenvalue weighted by Gasteiger charge is -2.25. The van der Waals surface area contributed by atoms with Crippen molar-refractivity contribution < 1.29 is 13.9 Å². The number of nitrogens with zero attached hydrogens (tertiary/aromatic N) is 2. The smallest absolute Gasteiger partial charge is 0.374 e. The van der Waals surface area contributed by atoms with Crippen LogP contribution in [0.25, 0.3) is 11.0 Å². The quantitative estimate of drug-likeness (QED) is 0.643. The van der Waals surface area contributed by atoms with Crippen molar-refractivity contribution in [1.82, 2.24) is 9.47 Å². The molecule has 1 aromatic carbocycles. The number of carbonyl (C=O) groups is 1. The highest BCUT2D eigenvalue weighted by atomic mass is 16.5. The van der Waals surface area contributed by atoms with Crippen LogP contribution in [0, 0.1) is 0 Å². The number of aryl methyl sites for hydroxylation is 1. The number of ether oxygens (including phenoxy) is 1. The monoisotopic (exact) mass is 352 g/mol. The molecule has 26 heavy (non-hydrogen) atoms. The second kappa shape index (κ2) is 7.00. The van der Waals surface area contributed by atoms with Crippen LogP contribution >= 0.6 is 0 Å². The van der Waals surface area contributed by atoms with Gasteiger partial charge in [-0.3, -0.25) is 4.90 Å². The molecule has 5 heteroatoms. The van der Waals surface area contributed by atoms with Gasteiger partial charge in [-0.05, 0) is 44.5 Å². The Hall–Kier alpha value is -2.53. The summed E-state index contributed by atoms with van der Waals surface area (Å²) in [6.07, 6.45) is 4.37. The van der Waals surface area contributed by atoms with E-state index < -0.39 is 0 Å². The number of rotatable bonds is 5. The molecule has 1 aliphatic rings. The summed E-state index contributed by atoms with van der Waals surface area (Å²) in [5, 5.41) is 0.994. The number of carbonyl (C=O) groups excluding carboxylic acids is 1. The lowest BCUT2D eigenvalue weighted by molar-refractivity contribution is 0.0489. The number of aromatic nitrogens is 1. The van der Waals surface area contributed by atoms with E-state index in [0.717, 1.165) is 35.9 Å². The minimum absolute atomic E-state index is 0.338. The molecule has 1 saturated heterocycles. The molecule has 0 unspecified atom stereocenters. The molecule has 4 rings (SSSR count). The summed E-state index contributed by atoms with van der Waals surface area (Å²) in [4.78, 5) is 14.9. The number of para-hydroxylation sites is 1. The van der Waals surface area contributed by atoms with Gasteiger partial charge in [0.2, 0.25) is 5.76 Å². The van der Waals surface area contributed by atoms with Gasteiger partial charge < -0.3 is 13.7 Å². The van der Waals surface area contributed by atoms with Gasteiger partial charge in [0, 0.05) is 36.4 Å². The molecule has 2 aromatic heterocycles. The fourth-order valence-corrected chi connectivity index (χ4v) is 3.99. The first-order valence-corrected chi connectivity index (χ1v) is 9.22. The van der Waals surface area contributed by atoms with Crippen LogP contribution in [0.15, 0.2) is 47.0 Å². The summed E-state index contributed by atoms with van der Waals surface area (Å²) in [7, 11) is 2.09. The second-order valence-corrected chi connectivity index (χ2v) is 6.80. The number of esters is 1. The Labute approximate surface area is 153 Å². The topological polar surface area (TPSA) is 47.6 Å². The second-order valence-electron chi connectivity index (χ2n) is 6.80. The molecule has 0 spiro atoms. The van der Waals surface area contributed by atoms with Gasteiger partial charge in [0.15, 0.2) is 0 Å². The zero-order valence-corrected chi connectivity index (χ0v) is 15.3. The van der Waals surface area contributed by atoms with Crippen LogP contribution in [0.2, 0.25) is 0 Å². The van der Waals surface area contributed by atoms with Crippen LogP contribution in [0.1, 0.15) is 47.6 Å². The lowest BCUT2D eigenvalue weighted by atomic mass is 10.1. The van der Waals surface area contributed by atoms with Gasteiger partial charge in [-0.15, -0.1) is 0 Å². The van der Waals surface area contributed by atoms with Crippen LogP contribution in [0.5, 0.6) is 0 Å². The van der Waals surface area contributed by atoms with Crippen LogP contribution in [0.4, 0.5) is 0 Å². The summed E-state index contributed by atoms with van der Waals surface area (Å²) in [5.74, 6) is -0.0427. The first-order valence-electron chi connectivity index (χ1n) is 9.22. The zero-order valence-electron chi connectivity index (χ0n) is 15.3. The minimum Gasteiger partial charge on any atom is -0.460 e. The summed E-state index contributed by atoms with van der Waals surface area (Å²) < 4.78 is 13.3. The van der Waals surface area contributed by atoms with E-state index in [2.05, 4.69) is 34.8 Å². The molecule has 0 amide bonds. The molecule has 0 saturated carbocycles. The molecule has 1 atom stereocenters. The van der Waals surface area contributed by atoms with Gasteiger partial charge in [-0.2, -0.15) is 0 Å². The van der Waals surface area contributed by atoms with Crippen molar-refractivity contribution in [1.29, 1.82) is 0 Å². The predicted molar refractivity (Wildman–Crippen MR) is 100.0 cm³/mol. The number of hydrogen-bond donors (Lipinski definition) is 0. The maximum atomic E-state index is 12.4. The average Bonchev–Trinajstić information content (AvgIpc) is 3.34. The van der Waals surface area contributed by atoms with Crippen molar-refractivity contribution >= 4 is 16.9 Å². The number of fused-ring (bicyclic) bond motifs is 1. The Kier molecular flexibility index (Phi) is 4.55. The zero-order chi connectivity index (χ0) is 18.1. The Balaban J connectivity index is 1.71. The SMILES string of the molecule is CCOC(=O)c1oc2ccccc2c1CN1CCC[C@@H]1c1cccn1C. The third kappa shape index (κ3) is 2.92. The fraction of sp³-hybridized carbons (Fsp3) is 0.381. The van der Waals surface area contributed by atoms with Crippen LogP contribution in [-0.4, -0.2) is 28.6 Å². The highest BCUT2D eigenvalue weighted by molar-refractivity contribution is 5.96. The van der Waals surface area contributed by atoms with Crippen molar-refractivity contribution in [2.24, 2.45) is 7.05 Å². The summed E-state index contributed by atoms with van der Waals surface area (Å²) >= 11 is 0. The van der Waals surface area contributed by atoms with E-state index in [1.807, 2.05) is 31.2 Å². The van der Waals surface area contributed by atoms with Gasteiger partial charge in [0.1, 0.15) is 5.58 Å². The Morgan fingerprint density at radius 1 is 1.27 bits per heavy atom. The van der Waals surface area contributed by atoms with Crippen molar-refractivity contribution in [3.8, 4) is 0 Å². The van der Waals surface area contributed by atoms with E-state index >= 15 is 0 Å². The summed E-state index contributed by atoms with van der Waals surface area (Å²) in [5.41, 5.74) is 2.98. The number of hydrogen-bond acceptors (Lipinski definition) is 4. The van der Waals surface area contributed by atoms with Crippen molar-refractivity contribution in [3.63, 3.8) is 0 Å². The van der Waals surface area contributed by atoms with E-state index in [0.29, 0.717) is 25.0 Å². The Morgan fingerprint density at radius 3 is 2.88 bits per heavy atom. The molecule has 0 bridgehead atoms. The molecular formula is C21H24N2O3. The molecule has 0 N–H and O–H groups in total. The van der Waals surface area contributed by atoms with E-state index in [4.69, 9.17) is 9.15 Å². The van der Waals surface area contributed by atoms with Crippen LogP contribution < -0.4 is 0 Å². The van der Waals surface area contributed by atoms with Crippen LogP contribution in [-0.2, 0) is 18.3 Å². The normalized spacial score (nSPS) is 17.8. The predicted octanol–water partition coefficient (Wildman–Crippen LogP) is 4.29. The maximum Gasteiger partial charge on any atom is 0.374 e. The third-order valence-corrected chi connectivity index (χ3v) is 5.21. The van der Waals surface area contributed by atoms with Gasteiger partial charge in [-0.25, -0.2) is 4.79 Å². The van der Waals surface area contributed by atoms with E-state index in [1.54, 1.807) is 0 Å². The highest BCUT2D eigenvalue weighted by Crippen LogP contribution is 2.36. The van der Waals surface area contributed by atoms with E-state index in [9.17, 15) is 4.79 Å². The first-order chi connectivity index (χ1) is 12.7. The van der Waals surface area contributed by atoms with Gasteiger partial charge >= 0.3 is 5.97 Å². The van der Waals surface area contributed by atoms with Crippen molar-refractivity contribution in [3.05, 3.63) is 59.6 Å². The highest BCUT2D eigenvalue weighted by Gasteiger charge is 2.31. The fourth-order valence-electron chi connectivity index (χ4n) is 3.99. The molecule has 0 aliphatic carbocycles.